The number of allylic oxidation sites excluding steroid dienone is 4. The summed E-state index contributed by atoms with van der Waals surface area (Å²) in [5.41, 5.74) is 4.12. The highest BCUT2D eigenvalue weighted by Crippen LogP contribution is 2.60. The summed E-state index contributed by atoms with van der Waals surface area (Å²) in [6.07, 6.45) is 14.6. The molecule has 2 rings (SSSR count). The Morgan fingerprint density at radius 2 is 2.04 bits per heavy atom. The molecule has 1 heteroatoms. The minimum atomic E-state index is -0.179. The SMILES string of the molecule is CC1=CCC2C(C)(C)CCCC2(C)C1CC/C(C)=C\CCC(C)O. The lowest BCUT2D eigenvalue weighted by molar-refractivity contribution is -0.0390. The molecule has 1 N–H and O–H groups in total. The van der Waals surface area contributed by atoms with Gasteiger partial charge < -0.3 is 5.11 Å². The summed E-state index contributed by atoms with van der Waals surface area (Å²) in [6, 6.07) is 0. The van der Waals surface area contributed by atoms with Crippen LogP contribution in [0.3, 0.4) is 0 Å². The third-order valence-electron chi connectivity index (χ3n) is 7.20. The van der Waals surface area contributed by atoms with E-state index in [-0.39, 0.29) is 6.10 Å². The first-order valence-corrected chi connectivity index (χ1v) is 10.2. The van der Waals surface area contributed by atoms with Crippen molar-refractivity contribution in [2.75, 3.05) is 0 Å². The molecule has 1 fully saturated rings. The highest BCUT2D eigenvalue weighted by atomic mass is 16.3. The molecule has 0 radical (unpaired) electrons. The number of aliphatic hydroxyl groups excluding tert-OH is 1. The van der Waals surface area contributed by atoms with Gasteiger partial charge in [0.05, 0.1) is 6.10 Å². The molecule has 0 amide bonds. The minimum Gasteiger partial charge on any atom is -0.393 e. The standard InChI is InChI=1S/C23H40O/c1-17(9-7-10-19(3)24)11-13-20-18(2)12-14-21-22(4,5)15-8-16-23(20,21)6/h9,12,19-21,24H,7-8,10-11,13-16H2,1-6H3/b17-9-. The van der Waals surface area contributed by atoms with Gasteiger partial charge in [-0.25, -0.2) is 0 Å². The molecule has 1 nitrogen and oxygen atoms in total. The van der Waals surface area contributed by atoms with E-state index in [4.69, 9.17) is 0 Å². The van der Waals surface area contributed by atoms with Gasteiger partial charge in [-0.1, -0.05) is 50.5 Å². The fourth-order valence-electron chi connectivity index (χ4n) is 5.74. The van der Waals surface area contributed by atoms with Crippen LogP contribution >= 0.6 is 0 Å². The van der Waals surface area contributed by atoms with Gasteiger partial charge in [0, 0.05) is 0 Å². The summed E-state index contributed by atoms with van der Waals surface area (Å²) in [5, 5.41) is 9.41. The normalized spacial score (nSPS) is 34.5. The Labute approximate surface area is 150 Å². The number of fused-ring (bicyclic) bond motifs is 1. The first kappa shape index (κ1) is 19.8. The largest absolute Gasteiger partial charge is 0.393 e. The van der Waals surface area contributed by atoms with Crippen molar-refractivity contribution >= 4 is 0 Å². The molecule has 138 valence electrons. The van der Waals surface area contributed by atoms with Crippen LogP contribution in [0, 0.1) is 22.7 Å². The van der Waals surface area contributed by atoms with Crippen molar-refractivity contribution in [3.63, 3.8) is 0 Å². The van der Waals surface area contributed by atoms with E-state index in [9.17, 15) is 5.11 Å². The van der Waals surface area contributed by atoms with Gasteiger partial charge in [-0.05, 0) is 88.4 Å². The first-order chi connectivity index (χ1) is 11.2. The van der Waals surface area contributed by atoms with Crippen LogP contribution < -0.4 is 0 Å². The van der Waals surface area contributed by atoms with Gasteiger partial charge in [-0.2, -0.15) is 0 Å². The second-order valence-corrected chi connectivity index (χ2v) is 9.65. The Morgan fingerprint density at radius 3 is 2.71 bits per heavy atom. The fraction of sp³-hybridized carbons (Fsp3) is 0.826. The van der Waals surface area contributed by atoms with Crippen molar-refractivity contribution in [1.29, 1.82) is 0 Å². The maximum Gasteiger partial charge on any atom is 0.0515 e. The molecule has 0 aliphatic heterocycles. The Kier molecular flexibility index (Phi) is 6.40. The van der Waals surface area contributed by atoms with Crippen LogP contribution in [-0.4, -0.2) is 11.2 Å². The fourth-order valence-corrected chi connectivity index (χ4v) is 5.74. The third-order valence-corrected chi connectivity index (χ3v) is 7.20. The lowest BCUT2D eigenvalue weighted by Gasteiger charge is -2.57. The van der Waals surface area contributed by atoms with Crippen molar-refractivity contribution in [2.24, 2.45) is 22.7 Å². The monoisotopic (exact) mass is 332 g/mol. The molecular formula is C23H40O. The topological polar surface area (TPSA) is 20.2 Å². The number of hydrogen-bond donors (Lipinski definition) is 1. The van der Waals surface area contributed by atoms with Crippen molar-refractivity contribution in [3.05, 3.63) is 23.3 Å². The van der Waals surface area contributed by atoms with Crippen molar-refractivity contribution in [1.82, 2.24) is 0 Å². The average molecular weight is 333 g/mol. The van der Waals surface area contributed by atoms with E-state index in [0.29, 0.717) is 10.8 Å². The van der Waals surface area contributed by atoms with Gasteiger partial charge in [0.25, 0.3) is 0 Å². The van der Waals surface area contributed by atoms with E-state index in [1.54, 1.807) is 5.57 Å². The van der Waals surface area contributed by atoms with Crippen LogP contribution in [-0.2, 0) is 0 Å². The molecule has 1 saturated carbocycles. The van der Waals surface area contributed by atoms with E-state index in [1.807, 2.05) is 6.92 Å². The average Bonchev–Trinajstić information content (AvgIpc) is 2.45. The quantitative estimate of drug-likeness (QED) is 0.538. The molecule has 0 spiro atoms. The van der Waals surface area contributed by atoms with Crippen molar-refractivity contribution in [2.45, 2.75) is 99.0 Å². The van der Waals surface area contributed by atoms with Crippen LogP contribution in [0.25, 0.3) is 0 Å². The zero-order valence-corrected chi connectivity index (χ0v) is 17.0. The van der Waals surface area contributed by atoms with E-state index in [1.165, 1.54) is 44.1 Å². The van der Waals surface area contributed by atoms with Gasteiger partial charge in [0.2, 0.25) is 0 Å². The van der Waals surface area contributed by atoms with Crippen LogP contribution in [0.1, 0.15) is 92.9 Å². The van der Waals surface area contributed by atoms with Crippen LogP contribution in [0.4, 0.5) is 0 Å². The van der Waals surface area contributed by atoms with E-state index in [0.717, 1.165) is 24.7 Å². The Hall–Kier alpha value is -0.560. The summed E-state index contributed by atoms with van der Waals surface area (Å²) in [5.74, 6) is 1.59. The lowest BCUT2D eigenvalue weighted by atomic mass is 9.48. The zero-order valence-electron chi connectivity index (χ0n) is 17.0. The van der Waals surface area contributed by atoms with Gasteiger partial charge in [-0.15, -0.1) is 0 Å². The van der Waals surface area contributed by atoms with E-state index in [2.05, 4.69) is 46.8 Å². The Bertz CT molecular complexity index is 482. The molecule has 24 heavy (non-hydrogen) atoms. The number of hydrogen-bond acceptors (Lipinski definition) is 1. The van der Waals surface area contributed by atoms with Gasteiger partial charge in [0.15, 0.2) is 0 Å². The first-order valence-electron chi connectivity index (χ1n) is 10.2. The summed E-state index contributed by atoms with van der Waals surface area (Å²) in [6.45, 7) is 14.1. The Morgan fingerprint density at radius 1 is 1.33 bits per heavy atom. The predicted octanol–water partition coefficient (Wildman–Crippen LogP) is 6.67. The zero-order chi connectivity index (χ0) is 18.0. The number of aliphatic hydroxyl groups is 1. The molecular weight excluding hydrogens is 292 g/mol. The Balaban J connectivity index is 2.05. The maximum atomic E-state index is 9.41. The molecule has 0 aromatic carbocycles. The molecule has 4 unspecified atom stereocenters. The molecule has 4 atom stereocenters. The van der Waals surface area contributed by atoms with Gasteiger partial charge >= 0.3 is 0 Å². The smallest absolute Gasteiger partial charge is 0.0515 e. The second-order valence-electron chi connectivity index (χ2n) is 9.65. The lowest BCUT2D eigenvalue weighted by Crippen LogP contribution is -2.48. The minimum absolute atomic E-state index is 0.179. The predicted molar refractivity (Wildman–Crippen MR) is 105 cm³/mol. The molecule has 0 saturated heterocycles. The highest BCUT2D eigenvalue weighted by Gasteiger charge is 2.51. The van der Waals surface area contributed by atoms with Gasteiger partial charge in [0.1, 0.15) is 0 Å². The van der Waals surface area contributed by atoms with E-state index < -0.39 is 0 Å². The molecule has 2 aliphatic carbocycles. The molecule has 0 heterocycles. The molecule has 2 aliphatic rings. The van der Waals surface area contributed by atoms with Crippen LogP contribution in [0.5, 0.6) is 0 Å². The second kappa shape index (κ2) is 7.77. The number of rotatable bonds is 6. The summed E-state index contributed by atoms with van der Waals surface area (Å²) >= 11 is 0. The maximum absolute atomic E-state index is 9.41. The van der Waals surface area contributed by atoms with E-state index >= 15 is 0 Å². The van der Waals surface area contributed by atoms with Crippen LogP contribution in [0.2, 0.25) is 0 Å². The van der Waals surface area contributed by atoms with Crippen molar-refractivity contribution in [3.8, 4) is 0 Å². The molecule has 0 aromatic heterocycles. The summed E-state index contributed by atoms with van der Waals surface area (Å²) < 4.78 is 0. The van der Waals surface area contributed by atoms with Gasteiger partial charge in [-0.3, -0.25) is 0 Å². The molecule has 0 aromatic rings. The third kappa shape index (κ3) is 4.34. The summed E-state index contributed by atoms with van der Waals surface area (Å²) in [7, 11) is 0. The van der Waals surface area contributed by atoms with Crippen LogP contribution in [0.15, 0.2) is 23.3 Å². The molecule has 0 bridgehead atoms. The highest BCUT2D eigenvalue weighted by molar-refractivity contribution is 5.19. The van der Waals surface area contributed by atoms with Crippen molar-refractivity contribution < 1.29 is 5.11 Å². The summed E-state index contributed by atoms with van der Waals surface area (Å²) in [4.78, 5) is 0.